The number of hydrogen-bond acceptors (Lipinski definition) is 3. The van der Waals surface area contributed by atoms with Gasteiger partial charge < -0.3 is 14.8 Å². The number of anilines is 1. The lowest BCUT2D eigenvalue weighted by atomic mass is 10.2. The summed E-state index contributed by atoms with van der Waals surface area (Å²) in [6.45, 7) is 0. The van der Waals surface area contributed by atoms with Gasteiger partial charge in [0, 0.05) is 27.4 Å². The third-order valence-corrected chi connectivity index (χ3v) is 4.58. The van der Waals surface area contributed by atoms with Crippen LogP contribution in [0, 0.1) is 0 Å². The quantitative estimate of drug-likeness (QED) is 0.409. The molecule has 0 heterocycles. The minimum Gasteiger partial charge on any atom is -0.495 e. The highest BCUT2D eigenvalue weighted by molar-refractivity contribution is 6.36. The molecular weight excluding hydrogens is 433 g/mol. The van der Waals surface area contributed by atoms with Gasteiger partial charge >= 0.3 is 0 Å². The Morgan fingerprint density at radius 3 is 2.14 bits per heavy atom. The first-order chi connectivity index (χ1) is 13.9. The van der Waals surface area contributed by atoms with Crippen LogP contribution < -0.4 is 14.8 Å². The maximum atomic E-state index is 12.2. The van der Waals surface area contributed by atoms with Gasteiger partial charge in [0.05, 0.1) is 12.1 Å². The molecule has 0 bridgehead atoms. The van der Waals surface area contributed by atoms with E-state index < -0.39 is 0 Å². The molecule has 0 aromatic heterocycles. The van der Waals surface area contributed by atoms with Gasteiger partial charge in [-0.3, -0.25) is 4.79 Å². The standard InChI is InChI=1S/C22H16Cl3NO3/c1-28-22-14(12-16(24)13-20(22)25)2-11-21(27)26-17-5-9-19(10-6-17)29-18-7-3-15(23)4-8-18/h2-13H,1H3,(H,26,27)/b11-2+. The molecule has 0 saturated heterocycles. The summed E-state index contributed by atoms with van der Waals surface area (Å²) in [5, 5.41) is 4.23. The zero-order chi connectivity index (χ0) is 20.8. The van der Waals surface area contributed by atoms with Crippen molar-refractivity contribution in [2.45, 2.75) is 0 Å². The number of halogens is 3. The van der Waals surface area contributed by atoms with E-state index in [1.54, 1.807) is 66.7 Å². The van der Waals surface area contributed by atoms with Crippen molar-refractivity contribution in [2.75, 3.05) is 12.4 Å². The second kappa shape index (κ2) is 9.70. The van der Waals surface area contributed by atoms with Crippen LogP contribution >= 0.6 is 34.8 Å². The van der Waals surface area contributed by atoms with Crippen molar-refractivity contribution >= 4 is 52.5 Å². The molecule has 3 aromatic carbocycles. The van der Waals surface area contributed by atoms with Gasteiger partial charge in [-0.05, 0) is 66.7 Å². The normalized spacial score (nSPS) is 10.8. The average Bonchev–Trinajstić information content (AvgIpc) is 2.69. The summed E-state index contributed by atoms with van der Waals surface area (Å²) < 4.78 is 11.0. The summed E-state index contributed by atoms with van der Waals surface area (Å²) in [6.07, 6.45) is 2.96. The highest BCUT2D eigenvalue weighted by atomic mass is 35.5. The molecule has 0 aliphatic rings. The first-order valence-corrected chi connectivity index (χ1v) is 9.63. The largest absolute Gasteiger partial charge is 0.495 e. The van der Waals surface area contributed by atoms with Gasteiger partial charge in [0.25, 0.3) is 0 Å². The number of carbonyl (C=O) groups is 1. The van der Waals surface area contributed by atoms with Gasteiger partial charge in [-0.25, -0.2) is 0 Å². The van der Waals surface area contributed by atoms with Crippen molar-refractivity contribution in [2.24, 2.45) is 0 Å². The van der Waals surface area contributed by atoms with E-state index in [0.29, 0.717) is 43.6 Å². The summed E-state index contributed by atoms with van der Waals surface area (Å²) in [5.74, 6) is 1.45. The van der Waals surface area contributed by atoms with Crippen molar-refractivity contribution in [3.05, 3.63) is 87.4 Å². The van der Waals surface area contributed by atoms with Gasteiger partial charge in [0.1, 0.15) is 17.2 Å². The molecule has 3 rings (SSSR count). The van der Waals surface area contributed by atoms with Crippen LogP contribution in [-0.4, -0.2) is 13.0 Å². The minimum absolute atomic E-state index is 0.311. The SMILES string of the molecule is COc1c(Cl)cc(Cl)cc1/C=C/C(=O)Nc1ccc(Oc2ccc(Cl)cc2)cc1. The Labute approximate surface area is 183 Å². The van der Waals surface area contributed by atoms with E-state index >= 15 is 0 Å². The molecule has 0 aliphatic carbocycles. The highest BCUT2D eigenvalue weighted by Gasteiger charge is 2.08. The molecule has 0 fully saturated rings. The van der Waals surface area contributed by atoms with Crippen LogP contribution in [0.1, 0.15) is 5.56 Å². The predicted molar refractivity (Wildman–Crippen MR) is 119 cm³/mol. The molecule has 0 atom stereocenters. The molecule has 4 nitrogen and oxygen atoms in total. The van der Waals surface area contributed by atoms with Gasteiger partial charge in [-0.2, -0.15) is 0 Å². The maximum Gasteiger partial charge on any atom is 0.248 e. The lowest BCUT2D eigenvalue weighted by Crippen LogP contribution is -2.07. The van der Waals surface area contributed by atoms with E-state index in [1.807, 2.05) is 0 Å². The van der Waals surface area contributed by atoms with Crippen LogP contribution in [0.15, 0.2) is 66.7 Å². The molecule has 3 aromatic rings. The zero-order valence-electron chi connectivity index (χ0n) is 15.3. The van der Waals surface area contributed by atoms with E-state index in [1.165, 1.54) is 13.2 Å². The molecule has 0 radical (unpaired) electrons. The Bertz CT molecular complexity index is 1030. The van der Waals surface area contributed by atoms with E-state index in [-0.39, 0.29) is 5.91 Å². The van der Waals surface area contributed by atoms with Crippen LogP contribution in [0.2, 0.25) is 15.1 Å². The predicted octanol–water partition coefficient (Wildman–Crippen LogP) is 7.10. The van der Waals surface area contributed by atoms with Crippen LogP contribution in [0.4, 0.5) is 5.69 Å². The van der Waals surface area contributed by atoms with Crippen LogP contribution in [-0.2, 0) is 4.79 Å². The second-order valence-electron chi connectivity index (χ2n) is 5.91. The van der Waals surface area contributed by atoms with E-state index in [0.717, 1.165) is 0 Å². The molecular formula is C22H16Cl3NO3. The van der Waals surface area contributed by atoms with Gasteiger partial charge in [-0.1, -0.05) is 34.8 Å². The third kappa shape index (κ3) is 5.91. The van der Waals surface area contributed by atoms with E-state index in [4.69, 9.17) is 44.3 Å². The number of ether oxygens (including phenoxy) is 2. The summed E-state index contributed by atoms with van der Waals surface area (Å²) in [7, 11) is 1.50. The van der Waals surface area contributed by atoms with Crippen molar-refractivity contribution in [3.8, 4) is 17.2 Å². The number of rotatable bonds is 6. The highest BCUT2D eigenvalue weighted by Crippen LogP contribution is 2.33. The Morgan fingerprint density at radius 2 is 1.52 bits per heavy atom. The van der Waals surface area contributed by atoms with Crippen molar-refractivity contribution < 1.29 is 14.3 Å². The van der Waals surface area contributed by atoms with Crippen molar-refractivity contribution in [1.29, 1.82) is 0 Å². The summed E-state index contributed by atoms with van der Waals surface area (Å²) in [6, 6.07) is 17.3. The maximum absolute atomic E-state index is 12.2. The monoisotopic (exact) mass is 447 g/mol. The van der Waals surface area contributed by atoms with Crippen LogP contribution in [0.25, 0.3) is 6.08 Å². The van der Waals surface area contributed by atoms with Crippen LogP contribution in [0.5, 0.6) is 17.2 Å². The fourth-order valence-corrected chi connectivity index (χ4v) is 3.23. The van der Waals surface area contributed by atoms with Crippen LogP contribution in [0.3, 0.4) is 0 Å². The Balaban J connectivity index is 1.64. The summed E-state index contributed by atoms with van der Waals surface area (Å²) >= 11 is 18.0. The molecule has 0 aliphatic heterocycles. The number of methoxy groups -OCH3 is 1. The first kappa shape index (κ1) is 21.1. The number of hydrogen-bond donors (Lipinski definition) is 1. The molecule has 29 heavy (non-hydrogen) atoms. The summed E-state index contributed by atoms with van der Waals surface area (Å²) in [4.78, 5) is 12.2. The minimum atomic E-state index is -0.311. The fourth-order valence-electron chi connectivity index (χ4n) is 2.51. The number of amides is 1. The first-order valence-electron chi connectivity index (χ1n) is 8.50. The fraction of sp³-hybridized carbons (Fsp3) is 0.0455. The Morgan fingerprint density at radius 1 is 0.897 bits per heavy atom. The van der Waals surface area contributed by atoms with Gasteiger partial charge in [-0.15, -0.1) is 0 Å². The number of benzene rings is 3. The molecule has 148 valence electrons. The number of nitrogens with one attached hydrogen (secondary N) is 1. The van der Waals surface area contributed by atoms with E-state index in [9.17, 15) is 4.79 Å². The second-order valence-corrected chi connectivity index (χ2v) is 7.19. The summed E-state index contributed by atoms with van der Waals surface area (Å²) in [5.41, 5.74) is 1.23. The Hall–Kier alpha value is -2.66. The zero-order valence-corrected chi connectivity index (χ0v) is 17.6. The van der Waals surface area contributed by atoms with Crippen molar-refractivity contribution in [1.82, 2.24) is 0 Å². The smallest absolute Gasteiger partial charge is 0.248 e. The molecule has 1 amide bonds. The lowest BCUT2D eigenvalue weighted by Gasteiger charge is -2.08. The topological polar surface area (TPSA) is 47.6 Å². The number of carbonyl (C=O) groups excluding carboxylic acids is 1. The Kier molecular flexibility index (Phi) is 7.04. The molecule has 0 unspecified atom stereocenters. The lowest BCUT2D eigenvalue weighted by molar-refractivity contribution is -0.111. The molecule has 7 heteroatoms. The van der Waals surface area contributed by atoms with Crippen molar-refractivity contribution in [3.63, 3.8) is 0 Å². The van der Waals surface area contributed by atoms with Gasteiger partial charge in [0.2, 0.25) is 5.91 Å². The average molecular weight is 449 g/mol. The molecule has 1 N–H and O–H groups in total. The third-order valence-electron chi connectivity index (χ3n) is 3.83. The van der Waals surface area contributed by atoms with Gasteiger partial charge in [0.15, 0.2) is 0 Å². The molecule has 0 saturated carbocycles. The van der Waals surface area contributed by atoms with E-state index in [2.05, 4.69) is 5.32 Å². The molecule has 0 spiro atoms.